The fraction of sp³-hybridized carbons (Fsp3) is 0.300. The molecule has 1 unspecified atom stereocenters. The summed E-state index contributed by atoms with van der Waals surface area (Å²) in [6, 6.07) is 11.1. The minimum absolute atomic E-state index is 0.0669. The van der Waals surface area contributed by atoms with Gasteiger partial charge in [-0.05, 0) is 43.7 Å². The summed E-state index contributed by atoms with van der Waals surface area (Å²) in [6.45, 7) is 4.35. The molecule has 5 heteroatoms. The number of aryl methyl sites for hydroxylation is 2. The van der Waals surface area contributed by atoms with Crippen LogP contribution in [0.5, 0.6) is 0 Å². The van der Waals surface area contributed by atoms with E-state index in [-0.39, 0.29) is 11.8 Å². The highest BCUT2D eigenvalue weighted by molar-refractivity contribution is 6.42. The number of nitrogens with zero attached hydrogens (tertiary/aromatic N) is 1. The van der Waals surface area contributed by atoms with Crippen LogP contribution in [0.2, 0.25) is 10.0 Å². The summed E-state index contributed by atoms with van der Waals surface area (Å²) in [4.78, 5) is 25.5. The molecule has 0 heterocycles. The molecule has 2 aromatic rings. The summed E-state index contributed by atoms with van der Waals surface area (Å²) in [7, 11) is 1.75. The highest BCUT2D eigenvalue weighted by Crippen LogP contribution is 2.28. The number of likely N-dealkylation sites (N-methyl/N-ethyl adjacent to an activating group) is 1. The van der Waals surface area contributed by atoms with Gasteiger partial charge < -0.3 is 9.69 Å². The van der Waals surface area contributed by atoms with Crippen LogP contribution >= 0.6 is 23.2 Å². The van der Waals surface area contributed by atoms with Gasteiger partial charge in [0.2, 0.25) is 0 Å². The number of carbonyl (C=O) groups is 2. The fourth-order valence-electron chi connectivity index (χ4n) is 2.93. The van der Waals surface area contributed by atoms with Crippen molar-refractivity contribution in [3.63, 3.8) is 0 Å². The van der Waals surface area contributed by atoms with Crippen molar-refractivity contribution in [2.24, 2.45) is 0 Å². The molecule has 0 aromatic heterocycles. The summed E-state index contributed by atoms with van der Waals surface area (Å²) in [6.07, 6.45) is 1.17. The number of rotatable bonds is 6. The Morgan fingerprint density at radius 1 is 1.08 bits per heavy atom. The van der Waals surface area contributed by atoms with Gasteiger partial charge in [-0.2, -0.15) is 0 Å². The van der Waals surface area contributed by atoms with Gasteiger partial charge in [0.15, 0.2) is 0 Å². The first-order valence-corrected chi connectivity index (χ1v) is 8.79. The Morgan fingerprint density at radius 3 is 2.28 bits per heavy atom. The molecule has 0 aliphatic rings. The van der Waals surface area contributed by atoms with Crippen LogP contribution in [-0.2, 0) is 4.79 Å². The van der Waals surface area contributed by atoms with Crippen LogP contribution in [0.15, 0.2) is 36.4 Å². The SMILES string of the molecule is Cc1cc(C)cc(C(=O)N(C)CC(CC=O)c2ccc(Cl)c(Cl)c2)c1. The zero-order valence-corrected chi connectivity index (χ0v) is 16.1. The van der Waals surface area contributed by atoms with E-state index in [0.29, 0.717) is 28.6 Å². The minimum Gasteiger partial charge on any atom is -0.341 e. The highest BCUT2D eigenvalue weighted by atomic mass is 35.5. The Bertz CT molecular complexity index is 769. The van der Waals surface area contributed by atoms with Gasteiger partial charge in [-0.15, -0.1) is 0 Å². The molecule has 0 saturated heterocycles. The summed E-state index contributed by atoms with van der Waals surface area (Å²) >= 11 is 12.0. The lowest BCUT2D eigenvalue weighted by molar-refractivity contribution is -0.108. The molecule has 0 fully saturated rings. The Balaban J connectivity index is 2.21. The first-order valence-electron chi connectivity index (χ1n) is 8.04. The molecule has 1 amide bonds. The van der Waals surface area contributed by atoms with E-state index in [9.17, 15) is 9.59 Å². The average Bonchev–Trinajstić information content (AvgIpc) is 2.55. The molecule has 1 atom stereocenters. The molecule has 0 spiro atoms. The van der Waals surface area contributed by atoms with E-state index in [1.165, 1.54) is 0 Å². The lowest BCUT2D eigenvalue weighted by Gasteiger charge is -2.24. The van der Waals surface area contributed by atoms with Crippen molar-refractivity contribution in [1.29, 1.82) is 0 Å². The number of hydrogen-bond donors (Lipinski definition) is 0. The molecule has 25 heavy (non-hydrogen) atoms. The molecule has 0 N–H and O–H groups in total. The van der Waals surface area contributed by atoms with Gasteiger partial charge in [-0.1, -0.05) is 46.5 Å². The molecule has 2 aromatic carbocycles. The van der Waals surface area contributed by atoms with Gasteiger partial charge in [0.1, 0.15) is 6.29 Å². The van der Waals surface area contributed by atoms with E-state index in [1.54, 1.807) is 24.1 Å². The van der Waals surface area contributed by atoms with Gasteiger partial charge in [0.05, 0.1) is 10.0 Å². The van der Waals surface area contributed by atoms with Crippen LogP contribution in [-0.4, -0.2) is 30.7 Å². The normalized spacial score (nSPS) is 11.9. The molecule has 0 bridgehead atoms. The van der Waals surface area contributed by atoms with Crippen molar-refractivity contribution >= 4 is 35.4 Å². The molecule has 132 valence electrons. The van der Waals surface area contributed by atoms with Crippen molar-refractivity contribution in [2.75, 3.05) is 13.6 Å². The van der Waals surface area contributed by atoms with Crippen LogP contribution in [0, 0.1) is 13.8 Å². The molecule has 0 aliphatic heterocycles. The maximum Gasteiger partial charge on any atom is 0.253 e. The third kappa shape index (κ3) is 5.07. The average molecular weight is 378 g/mol. The lowest BCUT2D eigenvalue weighted by Crippen LogP contribution is -2.31. The summed E-state index contributed by atoms with van der Waals surface area (Å²) in [5.41, 5.74) is 3.64. The maximum absolute atomic E-state index is 12.7. The van der Waals surface area contributed by atoms with Crippen molar-refractivity contribution in [3.05, 3.63) is 68.7 Å². The zero-order chi connectivity index (χ0) is 18.6. The van der Waals surface area contributed by atoms with Crippen molar-refractivity contribution in [3.8, 4) is 0 Å². The molecule has 0 aliphatic carbocycles. The van der Waals surface area contributed by atoms with Crippen LogP contribution in [0.1, 0.15) is 39.4 Å². The van der Waals surface area contributed by atoms with E-state index in [1.807, 2.05) is 38.1 Å². The van der Waals surface area contributed by atoms with E-state index in [4.69, 9.17) is 23.2 Å². The third-order valence-electron chi connectivity index (χ3n) is 4.11. The molecular formula is C20H21Cl2NO2. The quantitative estimate of drug-likeness (QED) is 0.660. The second-order valence-corrected chi connectivity index (χ2v) is 7.15. The Morgan fingerprint density at radius 2 is 1.72 bits per heavy atom. The molecule has 0 saturated carbocycles. The number of benzene rings is 2. The van der Waals surface area contributed by atoms with Crippen LogP contribution < -0.4 is 0 Å². The lowest BCUT2D eigenvalue weighted by atomic mass is 9.95. The summed E-state index contributed by atoms with van der Waals surface area (Å²) in [5.74, 6) is -0.199. The molecule has 0 radical (unpaired) electrons. The third-order valence-corrected chi connectivity index (χ3v) is 4.84. The van der Waals surface area contributed by atoms with E-state index in [0.717, 1.165) is 23.0 Å². The zero-order valence-electron chi connectivity index (χ0n) is 14.6. The number of carbonyl (C=O) groups excluding carboxylic acids is 2. The van der Waals surface area contributed by atoms with Crippen molar-refractivity contribution < 1.29 is 9.59 Å². The van der Waals surface area contributed by atoms with Gasteiger partial charge in [0.25, 0.3) is 5.91 Å². The monoisotopic (exact) mass is 377 g/mol. The predicted molar refractivity (Wildman–Crippen MR) is 103 cm³/mol. The number of hydrogen-bond acceptors (Lipinski definition) is 2. The topological polar surface area (TPSA) is 37.4 Å². The number of amides is 1. The number of halogens is 2. The van der Waals surface area contributed by atoms with Gasteiger partial charge >= 0.3 is 0 Å². The van der Waals surface area contributed by atoms with E-state index >= 15 is 0 Å². The Kier molecular flexibility index (Phi) is 6.63. The fourth-order valence-corrected chi connectivity index (χ4v) is 3.24. The maximum atomic E-state index is 12.7. The molecule has 2 rings (SSSR count). The molecular weight excluding hydrogens is 357 g/mol. The van der Waals surface area contributed by atoms with E-state index < -0.39 is 0 Å². The van der Waals surface area contributed by atoms with Crippen molar-refractivity contribution in [2.45, 2.75) is 26.2 Å². The van der Waals surface area contributed by atoms with Crippen LogP contribution in [0.3, 0.4) is 0 Å². The van der Waals surface area contributed by atoms with Gasteiger partial charge in [0, 0.05) is 31.5 Å². The van der Waals surface area contributed by atoms with Crippen LogP contribution in [0.25, 0.3) is 0 Å². The minimum atomic E-state index is -0.132. The van der Waals surface area contributed by atoms with Crippen molar-refractivity contribution in [1.82, 2.24) is 4.90 Å². The van der Waals surface area contributed by atoms with E-state index in [2.05, 4.69) is 0 Å². The first kappa shape index (κ1) is 19.5. The molecule has 3 nitrogen and oxygen atoms in total. The second-order valence-electron chi connectivity index (χ2n) is 6.33. The first-order chi connectivity index (χ1) is 11.8. The summed E-state index contributed by atoms with van der Waals surface area (Å²) < 4.78 is 0. The largest absolute Gasteiger partial charge is 0.341 e. The Hall–Kier alpha value is -1.84. The Labute approximate surface area is 158 Å². The standard InChI is InChI=1S/C20H21Cl2NO2/c1-13-8-14(2)10-17(9-13)20(25)23(3)12-16(6-7-24)15-4-5-18(21)19(22)11-15/h4-5,7-11,16H,6,12H2,1-3H3. The summed E-state index contributed by atoms with van der Waals surface area (Å²) in [5, 5.41) is 0.910. The smallest absolute Gasteiger partial charge is 0.253 e. The second kappa shape index (κ2) is 8.50. The van der Waals surface area contributed by atoms with Crippen LogP contribution in [0.4, 0.5) is 0 Å². The van der Waals surface area contributed by atoms with Gasteiger partial charge in [-0.3, -0.25) is 4.79 Å². The van der Waals surface area contributed by atoms with Gasteiger partial charge in [-0.25, -0.2) is 0 Å². The number of aldehydes is 1. The highest BCUT2D eigenvalue weighted by Gasteiger charge is 2.19. The predicted octanol–water partition coefficient (Wildman–Crippen LogP) is 5.06.